The van der Waals surface area contributed by atoms with Gasteiger partial charge in [-0.1, -0.05) is 26.0 Å². The number of guanidine groups is 1. The SMILES string of the molecule is CC(C)c1cccc(NC(N)=NCCNS(C)(=O)=O)c1.I. The van der Waals surface area contributed by atoms with Crippen molar-refractivity contribution in [2.24, 2.45) is 10.7 Å². The first-order valence-corrected chi connectivity index (χ1v) is 8.28. The highest BCUT2D eigenvalue weighted by molar-refractivity contribution is 14.0. The number of aliphatic imine (C=N–C) groups is 1. The molecule has 8 heteroatoms. The summed E-state index contributed by atoms with van der Waals surface area (Å²) < 4.78 is 24.1. The molecular weight excluding hydrogens is 403 g/mol. The van der Waals surface area contributed by atoms with Crippen LogP contribution in [0.25, 0.3) is 0 Å². The number of benzene rings is 1. The molecule has 0 aliphatic heterocycles. The van der Waals surface area contributed by atoms with Gasteiger partial charge in [-0.2, -0.15) is 0 Å². The van der Waals surface area contributed by atoms with E-state index in [1.807, 2.05) is 18.2 Å². The van der Waals surface area contributed by atoms with Crippen LogP contribution in [0.5, 0.6) is 0 Å². The molecule has 120 valence electrons. The Morgan fingerprint density at radius 2 is 2.05 bits per heavy atom. The number of rotatable bonds is 6. The van der Waals surface area contributed by atoms with E-state index in [1.54, 1.807) is 0 Å². The summed E-state index contributed by atoms with van der Waals surface area (Å²) in [5, 5.41) is 2.99. The minimum Gasteiger partial charge on any atom is -0.370 e. The monoisotopic (exact) mass is 426 g/mol. The molecular formula is C13H23IN4O2S. The summed E-state index contributed by atoms with van der Waals surface area (Å²) in [5.41, 5.74) is 7.82. The molecule has 0 aliphatic rings. The fraction of sp³-hybridized carbons (Fsp3) is 0.462. The third kappa shape index (κ3) is 8.89. The molecule has 21 heavy (non-hydrogen) atoms. The van der Waals surface area contributed by atoms with Crippen LogP contribution in [0.4, 0.5) is 5.69 Å². The Morgan fingerprint density at radius 1 is 1.38 bits per heavy atom. The van der Waals surface area contributed by atoms with Gasteiger partial charge in [0.25, 0.3) is 0 Å². The third-order valence-corrected chi connectivity index (χ3v) is 3.31. The maximum absolute atomic E-state index is 10.9. The van der Waals surface area contributed by atoms with E-state index in [1.165, 1.54) is 5.56 Å². The van der Waals surface area contributed by atoms with Crippen LogP contribution in [0.2, 0.25) is 0 Å². The molecule has 0 aliphatic carbocycles. The Bertz CT molecular complexity index is 573. The lowest BCUT2D eigenvalue weighted by Crippen LogP contribution is -2.27. The van der Waals surface area contributed by atoms with Crippen molar-refractivity contribution in [2.45, 2.75) is 19.8 Å². The summed E-state index contributed by atoms with van der Waals surface area (Å²) in [6.07, 6.45) is 1.11. The van der Waals surface area contributed by atoms with Crippen LogP contribution >= 0.6 is 24.0 Å². The molecule has 0 radical (unpaired) electrons. The van der Waals surface area contributed by atoms with Gasteiger partial charge >= 0.3 is 0 Å². The van der Waals surface area contributed by atoms with E-state index in [0.29, 0.717) is 5.92 Å². The summed E-state index contributed by atoms with van der Waals surface area (Å²) in [7, 11) is -3.18. The van der Waals surface area contributed by atoms with Crippen LogP contribution in [0.15, 0.2) is 29.3 Å². The zero-order valence-electron chi connectivity index (χ0n) is 12.5. The number of anilines is 1. The molecule has 0 spiro atoms. The van der Waals surface area contributed by atoms with E-state index in [4.69, 9.17) is 5.73 Å². The van der Waals surface area contributed by atoms with Gasteiger partial charge in [0.2, 0.25) is 10.0 Å². The molecule has 0 atom stereocenters. The van der Waals surface area contributed by atoms with Gasteiger partial charge in [0, 0.05) is 12.2 Å². The van der Waals surface area contributed by atoms with E-state index in [9.17, 15) is 8.42 Å². The lowest BCUT2D eigenvalue weighted by molar-refractivity contribution is 0.588. The van der Waals surface area contributed by atoms with Crippen molar-refractivity contribution in [2.75, 3.05) is 24.7 Å². The van der Waals surface area contributed by atoms with Crippen LogP contribution in [-0.4, -0.2) is 33.7 Å². The average molecular weight is 426 g/mol. The Kier molecular flexibility index (Phi) is 8.83. The van der Waals surface area contributed by atoms with Crippen LogP contribution in [0, 0.1) is 0 Å². The summed E-state index contributed by atoms with van der Waals surface area (Å²) in [5.74, 6) is 0.704. The van der Waals surface area contributed by atoms with Gasteiger partial charge < -0.3 is 11.1 Å². The van der Waals surface area contributed by atoms with E-state index < -0.39 is 10.0 Å². The minimum absolute atomic E-state index is 0. The number of nitrogens with one attached hydrogen (secondary N) is 2. The van der Waals surface area contributed by atoms with E-state index >= 15 is 0 Å². The quantitative estimate of drug-likeness (QED) is 0.279. The molecule has 1 aromatic rings. The molecule has 0 heterocycles. The van der Waals surface area contributed by atoms with Crippen molar-refractivity contribution in [1.29, 1.82) is 0 Å². The second-order valence-corrected chi connectivity index (χ2v) is 6.67. The molecule has 4 N–H and O–H groups in total. The fourth-order valence-corrected chi connectivity index (χ4v) is 2.03. The zero-order valence-corrected chi connectivity index (χ0v) is 15.6. The number of nitrogens with two attached hydrogens (primary N) is 1. The van der Waals surface area contributed by atoms with Crippen molar-refractivity contribution in [3.8, 4) is 0 Å². The van der Waals surface area contributed by atoms with Crippen molar-refractivity contribution in [3.05, 3.63) is 29.8 Å². The minimum atomic E-state index is -3.18. The number of hydrogen-bond donors (Lipinski definition) is 3. The standard InChI is InChI=1S/C13H22N4O2S.HI/c1-10(2)11-5-4-6-12(9-11)17-13(14)15-7-8-16-20(3,18)19;/h4-6,9-10,16H,7-8H2,1-3H3,(H3,14,15,17);1H. The predicted molar refractivity (Wildman–Crippen MR) is 98.9 cm³/mol. The molecule has 1 aromatic carbocycles. The van der Waals surface area contributed by atoms with Crippen molar-refractivity contribution in [3.63, 3.8) is 0 Å². The molecule has 0 aromatic heterocycles. The van der Waals surface area contributed by atoms with E-state index in [0.717, 1.165) is 11.9 Å². The first-order valence-electron chi connectivity index (χ1n) is 6.39. The van der Waals surface area contributed by atoms with Crippen molar-refractivity contribution >= 4 is 45.6 Å². The fourth-order valence-electron chi connectivity index (χ4n) is 1.57. The van der Waals surface area contributed by atoms with Crippen LogP contribution in [0.3, 0.4) is 0 Å². The molecule has 1 rings (SSSR count). The molecule has 0 amide bonds. The third-order valence-electron chi connectivity index (χ3n) is 2.58. The normalized spacial score (nSPS) is 12.1. The molecule has 6 nitrogen and oxygen atoms in total. The topological polar surface area (TPSA) is 96.6 Å². The van der Waals surface area contributed by atoms with Crippen molar-refractivity contribution in [1.82, 2.24) is 4.72 Å². The van der Waals surface area contributed by atoms with Gasteiger partial charge in [-0.25, -0.2) is 13.1 Å². The zero-order chi connectivity index (χ0) is 15.2. The lowest BCUT2D eigenvalue weighted by atomic mass is 10.0. The first kappa shape index (κ1) is 20.1. The predicted octanol–water partition coefficient (Wildman–Crippen LogP) is 1.70. The van der Waals surface area contributed by atoms with Gasteiger partial charge in [0.1, 0.15) is 0 Å². The molecule has 0 bridgehead atoms. The molecule has 0 fully saturated rings. The van der Waals surface area contributed by atoms with Gasteiger partial charge in [-0.15, -0.1) is 24.0 Å². The highest BCUT2D eigenvalue weighted by atomic mass is 127. The Balaban J connectivity index is 0.00000400. The summed E-state index contributed by atoms with van der Waals surface area (Å²) >= 11 is 0. The highest BCUT2D eigenvalue weighted by Gasteiger charge is 2.01. The maximum atomic E-state index is 10.9. The number of halogens is 1. The lowest BCUT2D eigenvalue weighted by Gasteiger charge is -2.10. The van der Waals surface area contributed by atoms with Gasteiger partial charge in [0.05, 0.1) is 12.8 Å². The smallest absolute Gasteiger partial charge is 0.208 e. The van der Waals surface area contributed by atoms with Crippen LogP contribution < -0.4 is 15.8 Å². The van der Waals surface area contributed by atoms with Gasteiger partial charge in [-0.3, -0.25) is 4.99 Å². The van der Waals surface area contributed by atoms with E-state index in [2.05, 4.69) is 34.9 Å². The van der Waals surface area contributed by atoms with Crippen LogP contribution in [0.1, 0.15) is 25.3 Å². The molecule has 0 saturated heterocycles. The Morgan fingerprint density at radius 3 is 2.62 bits per heavy atom. The number of nitrogens with zero attached hydrogens (tertiary/aromatic N) is 1. The second-order valence-electron chi connectivity index (χ2n) is 4.84. The van der Waals surface area contributed by atoms with Gasteiger partial charge in [-0.05, 0) is 23.6 Å². The summed E-state index contributed by atoms with van der Waals surface area (Å²) in [6, 6.07) is 7.93. The highest BCUT2D eigenvalue weighted by Crippen LogP contribution is 2.18. The average Bonchev–Trinajstić information content (AvgIpc) is 2.34. The van der Waals surface area contributed by atoms with Gasteiger partial charge in [0.15, 0.2) is 5.96 Å². The summed E-state index contributed by atoms with van der Waals surface area (Å²) in [4.78, 5) is 4.05. The van der Waals surface area contributed by atoms with Crippen molar-refractivity contribution < 1.29 is 8.42 Å². The maximum Gasteiger partial charge on any atom is 0.208 e. The van der Waals surface area contributed by atoms with E-state index in [-0.39, 0.29) is 43.0 Å². The first-order chi connectivity index (χ1) is 9.28. The largest absolute Gasteiger partial charge is 0.370 e. The molecule has 0 saturated carbocycles. The Hall–Kier alpha value is -0.870. The number of hydrogen-bond acceptors (Lipinski definition) is 3. The Labute approximate surface area is 143 Å². The number of sulfonamides is 1. The second kappa shape index (κ2) is 9.21. The molecule has 0 unspecified atom stereocenters. The van der Waals surface area contributed by atoms with Crippen LogP contribution in [-0.2, 0) is 10.0 Å². The summed E-state index contributed by atoms with van der Waals surface area (Å²) in [6.45, 7) is 4.75.